The summed E-state index contributed by atoms with van der Waals surface area (Å²) in [5, 5.41) is 3.93. The molecule has 0 unspecified atom stereocenters. The monoisotopic (exact) mass is 390 g/mol. The fourth-order valence-electron chi connectivity index (χ4n) is 2.36. The Hall–Kier alpha value is -4.13. The lowest BCUT2D eigenvalue weighted by atomic mass is 10.2. The summed E-state index contributed by atoms with van der Waals surface area (Å²) >= 11 is 0. The topological polar surface area (TPSA) is 86.2 Å². The summed E-state index contributed by atoms with van der Waals surface area (Å²) in [5.74, 6) is 0.555. The highest BCUT2D eigenvalue weighted by Gasteiger charge is 2.12. The smallest absolute Gasteiger partial charge is 0.493 e. The standard InChI is InChI=1S/C22H18N2O5/c1-27-20-14-16(15-23-24-21(25)17-8-4-2-5-9-17)12-13-19(20)29-22(26)28-18-10-6-3-7-11-18/h2-15H,1H3,(H,24,25). The normalized spacial score (nSPS) is 10.4. The Morgan fingerprint density at radius 3 is 2.24 bits per heavy atom. The van der Waals surface area contributed by atoms with Crippen molar-refractivity contribution in [3.05, 3.63) is 90.0 Å². The average Bonchev–Trinajstić information content (AvgIpc) is 2.76. The van der Waals surface area contributed by atoms with Crippen LogP contribution in [-0.2, 0) is 0 Å². The van der Waals surface area contributed by atoms with Crippen LogP contribution < -0.4 is 19.6 Å². The van der Waals surface area contributed by atoms with Crippen LogP contribution in [0.25, 0.3) is 0 Å². The van der Waals surface area contributed by atoms with Gasteiger partial charge in [-0.1, -0.05) is 36.4 Å². The van der Waals surface area contributed by atoms with Crippen LogP contribution in [0.15, 0.2) is 84.0 Å². The molecule has 0 bridgehead atoms. The third-order valence-electron chi connectivity index (χ3n) is 3.74. The first-order valence-corrected chi connectivity index (χ1v) is 8.67. The molecule has 0 aromatic heterocycles. The summed E-state index contributed by atoms with van der Waals surface area (Å²) in [6, 6.07) is 22.1. The van der Waals surface area contributed by atoms with E-state index in [4.69, 9.17) is 14.2 Å². The van der Waals surface area contributed by atoms with Crippen LogP contribution in [0, 0.1) is 0 Å². The number of carbonyl (C=O) groups excluding carboxylic acids is 2. The van der Waals surface area contributed by atoms with Crippen molar-refractivity contribution in [3.63, 3.8) is 0 Å². The lowest BCUT2D eigenvalue weighted by Gasteiger charge is -2.10. The van der Waals surface area contributed by atoms with E-state index in [1.54, 1.807) is 66.7 Å². The van der Waals surface area contributed by atoms with Crippen molar-refractivity contribution in [1.29, 1.82) is 0 Å². The second-order valence-electron chi connectivity index (χ2n) is 5.74. The number of methoxy groups -OCH3 is 1. The molecule has 0 radical (unpaired) electrons. The highest BCUT2D eigenvalue weighted by molar-refractivity contribution is 5.94. The number of carbonyl (C=O) groups is 2. The highest BCUT2D eigenvalue weighted by atomic mass is 16.7. The quantitative estimate of drug-likeness (QED) is 0.297. The van der Waals surface area contributed by atoms with Crippen molar-refractivity contribution < 1.29 is 23.8 Å². The average molecular weight is 390 g/mol. The zero-order valence-corrected chi connectivity index (χ0v) is 15.6. The maximum absolute atomic E-state index is 12.0. The van der Waals surface area contributed by atoms with Gasteiger partial charge in [0.1, 0.15) is 5.75 Å². The van der Waals surface area contributed by atoms with Crippen molar-refractivity contribution in [2.24, 2.45) is 5.10 Å². The Morgan fingerprint density at radius 1 is 0.862 bits per heavy atom. The van der Waals surface area contributed by atoms with Gasteiger partial charge < -0.3 is 14.2 Å². The molecule has 1 amide bonds. The maximum atomic E-state index is 12.0. The van der Waals surface area contributed by atoms with Crippen LogP contribution in [0.2, 0.25) is 0 Å². The van der Waals surface area contributed by atoms with Gasteiger partial charge in [-0.2, -0.15) is 5.10 Å². The highest BCUT2D eigenvalue weighted by Crippen LogP contribution is 2.28. The lowest BCUT2D eigenvalue weighted by molar-refractivity contribution is 0.0955. The molecule has 146 valence electrons. The van der Waals surface area contributed by atoms with Gasteiger partial charge in [0.15, 0.2) is 11.5 Å². The van der Waals surface area contributed by atoms with E-state index >= 15 is 0 Å². The minimum absolute atomic E-state index is 0.193. The first-order valence-electron chi connectivity index (χ1n) is 8.67. The molecule has 0 aliphatic rings. The van der Waals surface area contributed by atoms with Crippen LogP contribution in [0.5, 0.6) is 17.2 Å². The largest absolute Gasteiger partial charge is 0.519 e. The zero-order valence-electron chi connectivity index (χ0n) is 15.6. The second kappa shape index (κ2) is 9.70. The number of hydrogen-bond acceptors (Lipinski definition) is 6. The van der Waals surface area contributed by atoms with Gasteiger partial charge in [0.25, 0.3) is 5.91 Å². The minimum atomic E-state index is -0.883. The lowest BCUT2D eigenvalue weighted by Crippen LogP contribution is -2.17. The predicted molar refractivity (Wildman–Crippen MR) is 108 cm³/mol. The number of rotatable bonds is 6. The molecule has 0 atom stereocenters. The van der Waals surface area contributed by atoms with Gasteiger partial charge in [-0.3, -0.25) is 4.79 Å². The van der Waals surface area contributed by atoms with Crippen LogP contribution in [0.4, 0.5) is 4.79 Å². The fourth-order valence-corrected chi connectivity index (χ4v) is 2.36. The molecule has 0 saturated carbocycles. The molecule has 1 N–H and O–H groups in total. The van der Waals surface area contributed by atoms with E-state index in [0.29, 0.717) is 22.6 Å². The van der Waals surface area contributed by atoms with Crippen molar-refractivity contribution in [2.75, 3.05) is 7.11 Å². The van der Waals surface area contributed by atoms with Gasteiger partial charge in [0, 0.05) is 5.56 Å². The molecule has 7 nitrogen and oxygen atoms in total. The number of ether oxygens (including phenoxy) is 3. The predicted octanol–water partition coefficient (Wildman–Crippen LogP) is 4.04. The molecule has 7 heteroatoms. The van der Waals surface area contributed by atoms with Gasteiger partial charge in [0.05, 0.1) is 13.3 Å². The van der Waals surface area contributed by atoms with Gasteiger partial charge in [-0.25, -0.2) is 10.2 Å². The minimum Gasteiger partial charge on any atom is -0.493 e. The molecule has 0 aliphatic carbocycles. The van der Waals surface area contributed by atoms with E-state index in [1.807, 2.05) is 12.1 Å². The zero-order chi connectivity index (χ0) is 20.5. The van der Waals surface area contributed by atoms with E-state index in [9.17, 15) is 9.59 Å². The second-order valence-corrected chi connectivity index (χ2v) is 5.74. The van der Waals surface area contributed by atoms with Crippen LogP contribution >= 0.6 is 0 Å². The van der Waals surface area contributed by atoms with Crippen LogP contribution in [-0.4, -0.2) is 25.4 Å². The number of para-hydroxylation sites is 1. The number of benzene rings is 3. The Bertz CT molecular complexity index is 1000. The van der Waals surface area contributed by atoms with E-state index in [1.165, 1.54) is 13.3 Å². The molecule has 0 aliphatic heterocycles. The van der Waals surface area contributed by atoms with Gasteiger partial charge in [-0.15, -0.1) is 0 Å². The number of hydrazone groups is 1. The molecule has 29 heavy (non-hydrogen) atoms. The SMILES string of the molecule is COc1cc(C=NNC(=O)c2ccccc2)ccc1OC(=O)Oc1ccccc1. The third kappa shape index (κ3) is 5.67. The van der Waals surface area contributed by atoms with Crippen molar-refractivity contribution in [3.8, 4) is 17.2 Å². The fraction of sp³-hybridized carbons (Fsp3) is 0.0455. The molecule has 0 heterocycles. The van der Waals surface area contributed by atoms with Crippen molar-refractivity contribution in [2.45, 2.75) is 0 Å². The molecule has 3 aromatic rings. The Balaban J connectivity index is 1.62. The molecular weight excluding hydrogens is 372 g/mol. The molecule has 3 rings (SSSR count). The molecule has 0 saturated heterocycles. The number of amides is 1. The van der Waals surface area contributed by atoms with E-state index < -0.39 is 6.16 Å². The Labute approximate surface area is 167 Å². The van der Waals surface area contributed by atoms with Gasteiger partial charge in [-0.05, 0) is 48.0 Å². The van der Waals surface area contributed by atoms with Crippen LogP contribution in [0.3, 0.4) is 0 Å². The van der Waals surface area contributed by atoms with Crippen molar-refractivity contribution >= 4 is 18.3 Å². The summed E-state index contributed by atoms with van der Waals surface area (Å²) < 4.78 is 15.5. The first-order chi connectivity index (χ1) is 14.2. The summed E-state index contributed by atoms with van der Waals surface area (Å²) in [6.45, 7) is 0. The van der Waals surface area contributed by atoms with Gasteiger partial charge >= 0.3 is 6.16 Å². The maximum Gasteiger partial charge on any atom is 0.519 e. The summed E-state index contributed by atoms with van der Waals surface area (Å²) in [4.78, 5) is 23.9. The van der Waals surface area contributed by atoms with E-state index in [2.05, 4.69) is 10.5 Å². The molecule has 0 spiro atoms. The molecule has 0 fully saturated rings. The Kier molecular flexibility index (Phi) is 6.57. The summed E-state index contributed by atoms with van der Waals surface area (Å²) in [5.41, 5.74) is 3.58. The number of hydrogen-bond donors (Lipinski definition) is 1. The summed E-state index contributed by atoms with van der Waals surface area (Å²) in [7, 11) is 1.45. The third-order valence-corrected chi connectivity index (χ3v) is 3.74. The summed E-state index contributed by atoms with van der Waals surface area (Å²) in [6.07, 6.45) is 0.571. The number of nitrogens with one attached hydrogen (secondary N) is 1. The molecule has 3 aromatic carbocycles. The van der Waals surface area contributed by atoms with Crippen molar-refractivity contribution in [1.82, 2.24) is 5.43 Å². The first kappa shape index (κ1) is 19.6. The van der Waals surface area contributed by atoms with E-state index in [-0.39, 0.29) is 11.7 Å². The Morgan fingerprint density at radius 2 is 1.55 bits per heavy atom. The van der Waals surface area contributed by atoms with E-state index in [0.717, 1.165) is 0 Å². The van der Waals surface area contributed by atoms with Gasteiger partial charge in [0.2, 0.25) is 0 Å². The molecular formula is C22H18N2O5. The van der Waals surface area contributed by atoms with Crippen LogP contribution in [0.1, 0.15) is 15.9 Å². The number of nitrogens with zero attached hydrogens (tertiary/aromatic N) is 1.